The third-order valence-electron chi connectivity index (χ3n) is 4.50. The second kappa shape index (κ2) is 8.86. The quantitative estimate of drug-likeness (QED) is 0.801. The van der Waals surface area contributed by atoms with Crippen molar-refractivity contribution in [2.75, 3.05) is 20.1 Å². The number of aliphatic hydroxyl groups is 1. The maximum Gasteiger partial charge on any atom is 0.628 e. The van der Waals surface area contributed by atoms with Crippen LogP contribution in [0.25, 0.3) is 0 Å². The summed E-state index contributed by atoms with van der Waals surface area (Å²) < 4.78 is 10.3. The number of carbonyl (C=O) groups is 2. The van der Waals surface area contributed by atoms with Gasteiger partial charge < -0.3 is 14.4 Å². The summed E-state index contributed by atoms with van der Waals surface area (Å²) in [4.78, 5) is 25.2. The molecule has 0 aromatic heterocycles. The van der Waals surface area contributed by atoms with Gasteiger partial charge in [-0.05, 0) is 24.1 Å². The normalized spacial score (nSPS) is 16.4. The molecule has 0 saturated carbocycles. The van der Waals surface area contributed by atoms with Crippen molar-refractivity contribution in [3.8, 4) is 0 Å². The van der Waals surface area contributed by atoms with Gasteiger partial charge in [0.2, 0.25) is 0 Å². The Labute approximate surface area is 164 Å². The Morgan fingerprint density at radius 3 is 1.89 bits per heavy atom. The number of carbonyl (C=O) groups excluding carboxylic acids is 2. The number of nitrogens with zero attached hydrogens (tertiary/aromatic N) is 1. The maximum absolute atomic E-state index is 11.8. The van der Waals surface area contributed by atoms with Gasteiger partial charge in [-0.25, -0.2) is 0 Å². The Morgan fingerprint density at radius 2 is 1.43 bits per heavy atom. The molecule has 0 radical (unpaired) electrons. The van der Waals surface area contributed by atoms with E-state index in [1.807, 2.05) is 60.7 Å². The maximum atomic E-state index is 11.8. The van der Waals surface area contributed by atoms with Crippen molar-refractivity contribution >= 4 is 19.1 Å². The summed E-state index contributed by atoms with van der Waals surface area (Å²) in [6.07, 6.45) is 1.88. The summed E-state index contributed by atoms with van der Waals surface area (Å²) in [5.74, 6) is 0.523. The molecule has 0 atom stereocenters. The lowest BCUT2D eigenvalue weighted by atomic mass is 9.81. The molecule has 0 amide bonds. The number of rotatable bonds is 5. The molecule has 2 aromatic rings. The molecule has 1 aliphatic rings. The lowest BCUT2D eigenvalue weighted by Crippen LogP contribution is -2.41. The molecule has 1 fully saturated rings. The van der Waals surface area contributed by atoms with E-state index in [0.717, 1.165) is 11.1 Å². The van der Waals surface area contributed by atoms with Crippen LogP contribution >= 0.6 is 0 Å². The molecule has 0 spiro atoms. The first-order valence-corrected chi connectivity index (χ1v) is 9.05. The van der Waals surface area contributed by atoms with Crippen LogP contribution in [0, 0.1) is 0 Å². The average Bonchev–Trinajstić information content (AvgIpc) is 2.67. The smallest absolute Gasteiger partial charge is 0.495 e. The zero-order valence-corrected chi connectivity index (χ0v) is 15.7. The third kappa shape index (κ3) is 4.88. The van der Waals surface area contributed by atoms with Crippen molar-refractivity contribution in [1.29, 1.82) is 0 Å². The predicted molar refractivity (Wildman–Crippen MR) is 105 cm³/mol. The Hall–Kier alpha value is -2.90. The minimum Gasteiger partial charge on any atom is -0.495 e. The minimum absolute atomic E-state index is 0.0113. The molecule has 0 unspecified atom stereocenters. The molecule has 2 aromatic carbocycles. The van der Waals surface area contributed by atoms with Crippen molar-refractivity contribution in [2.24, 2.45) is 0 Å². The lowest BCUT2D eigenvalue weighted by Gasteiger charge is -2.28. The summed E-state index contributed by atoms with van der Waals surface area (Å²) in [5.41, 5.74) is 0.202. The van der Waals surface area contributed by atoms with Gasteiger partial charge in [0.25, 0.3) is 0 Å². The lowest BCUT2D eigenvalue weighted by molar-refractivity contribution is -0.145. The predicted octanol–water partition coefficient (Wildman–Crippen LogP) is 1.93. The monoisotopic (exact) mass is 379 g/mol. The summed E-state index contributed by atoms with van der Waals surface area (Å²) in [7, 11) is 0.530. The molecule has 1 N–H and O–H groups in total. The summed E-state index contributed by atoms with van der Waals surface area (Å²) in [5, 5.41) is 11.4. The Morgan fingerprint density at radius 1 is 0.964 bits per heavy atom. The Kier molecular flexibility index (Phi) is 6.28. The zero-order chi connectivity index (χ0) is 20.0. The molecule has 6 nitrogen and oxygen atoms in total. The highest BCUT2D eigenvalue weighted by molar-refractivity contribution is 6.54. The van der Waals surface area contributed by atoms with Gasteiger partial charge in [-0.15, -0.1) is 0 Å². The first kappa shape index (κ1) is 19.9. The summed E-state index contributed by atoms with van der Waals surface area (Å²) in [6.45, 7) is 0.0226. The second-order valence-corrected chi connectivity index (χ2v) is 6.75. The fourth-order valence-electron chi connectivity index (χ4n) is 3.11. The van der Waals surface area contributed by atoms with Crippen LogP contribution in [-0.2, 0) is 24.5 Å². The fourth-order valence-corrected chi connectivity index (χ4v) is 3.11. The largest absolute Gasteiger partial charge is 0.628 e. The standard InChI is InChI=1S/C21H22BNO5/c1-23-15-19(24)27-22(28-20(25)16-23)14-8-13-21(26,17-9-4-2-5-10-17)18-11-6-3-7-12-18/h2-12,14,26H,13,15-16H2,1H3/b14-8+. The van der Waals surface area contributed by atoms with Gasteiger partial charge >= 0.3 is 19.1 Å². The first-order valence-electron chi connectivity index (χ1n) is 9.05. The fraction of sp³-hybridized carbons (Fsp3) is 0.238. The molecule has 1 heterocycles. The molecule has 3 rings (SSSR count). The van der Waals surface area contributed by atoms with Crippen molar-refractivity contribution < 1.29 is 24.0 Å². The molecule has 0 aliphatic carbocycles. The number of benzene rings is 2. The average molecular weight is 379 g/mol. The van der Waals surface area contributed by atoms with Crippen LogP contribution in [0.5, 0.6) is 0 Å². The van der Waals surface area contributed by atoms with Crippen molar-refractivity contribution in [2.45, 2.75) is 12.0 Å². The highest BCUT2D eigenvalue weighted by Gasteiger charge is 2.32. The van der Waals surface area contributed by atoms with Crippen LogP contribution in [0.1, 0.15) is 17.5 Å². The molecular weight excluding hydrogens is 357 g/mol. The molecule has 144 valence electrons. The van der Waals surface area contributed by atoms with Crippen molar-refractivity contribution in [3.05, 3.63) is 83.8 Å². The molecule has 7 heteroatoms. The first-order chi connectivity index (χ1) is 13.5. The van der Waals surface area contributed by atoms with Crippen LogP contribution in [0.15, 0.2) is 72.7 Å². The Balaban J connectivity index is 1.80. The van der Waals surface area contributed by atoms with Gasteiger partial charge in [-0.1, -0.05) is 66.7 Å². The van der Waals surface area contributed by atoms with Crippen molar-refractivity contribution in [3.63, 3.8) is 0 Å². The molecular formula is C21H22BNO5. The van der Waals surface area contributed by atoms with Gasteiger partial charge in [-0.3, -0.25) is 14.5 Å². The summed E-state index contributed by atoms with van der Waals surface area (Å²) >= 11 is 0. The molecule has 0 bridgehead atoms. The van der Waals surface area contributed by atoms with E-state index in [9.17, 15) is 14.7 Å². The van der Waals surface area contributed by atoms with Crippen molar-refractivity contribution in [1.82, 2.24) is 4.90 Å². The third-order valence-corrected chi connectivity index (χ3v) is 4.50. The van der Waals surface area contributed by atoms with E-state index in [0.29, 0.717) is 0 Å². The van der Waals surface area contributed by atoms with E-state index in [-0.39, 0.29) is 19.5 Å². The van der Waals surface area contributed by atoms with Crippen LogP contribution in [-0.4, -0.2) is 49.2 Å². The van der Waals surface area contributed by atoms with E-state index in [1.54, 1.807) is 13.1 Å². The highest BCUT2D eigenvalue weighted by atomic mass is 16.6. The molecule has 1 saturated heterocycles. The van der Waals surface area contributed by atoms with E-state index in [4.69, 9.17) is 9.31 Å². The van der Waals surface area contributed by atoms with Gasteiger partial charge in [0.05, 0.1) is 13.1 Å². The molecule has 1 aliphatic heterocycles. The Bertz CT molecular complexity index is 781. The van der Waals surface area contributed by atoms with Crippen LogP contribution < -0.4 is 0 Å². The van der Waals surface area contributed by atoms with E-state index < -0.39 is 24.7 Å². The van der Waals surface area contributed by atoms with Crippen LogP contribution in [0.4, 0.5) is 0 Å². The zero-order valence-electron chi connectivity index (χ0n) is 15.7. The van der Waals surface area contributed by atoms with E-state index in [1.165, 1.54) is 10.9 Å². The molecule has 28 heavy (non-hydrogen) atoms. The van der Waals surface area contributed by atoms with Crippen LogP contribution in [0.2, 0.25) is 0 Å². The van der Waals surface area contributed by atoms with E-state index >= 15 is 0 Å². The van der Waals surface area contributed by atoms with Gasteiger partial charge in [0, 0.05) is 6.42 Å². The number of likely N-dealkylation sites (N-methyl/N-ethyl adjacent to an activating group) is 1. The van der Waals surface area contributed by atoms with E-state index in [2.05, 4.69) is 0 Å². The number of hydrogen-bond acceptors (Lipinski definition) is 6. The highest BCUT2D eigenvalue weighted by Crippen LogP contribution is 2.33. The van der Waals surface area contributed by atoms with Crippen LogP contribution in [0.3, 0.4) is 0 Å². The SMILES string of the molecule is CN1CC(=O)OB(/C=C/CC(O)(c2ccccc2)c2ccccc2)OC(=O)C1. The van der Waals surface area contributed by atoms with Gasteiger partial charge in [0.1, 0.15) is 5.60 Å². The summed E-state index contributed by atoms with van der Waals surface area (Å²) in [6, 6.07) is 18.6. The second-order valence-electron chi connectivity index (χ2n) is 6.75. The minimum atomic E-state index is -1.27. The number of hydrogen-bond donors (Lipinski definition) is 1. The van der Waals surface area contributed by atoms with Gasteiger partial charge in [-0.2, -0.15) is 0 Å². The van der Waals surface area contributed by atoms with Gasteiger partial charge in [0.15, 0.2) is 0 Å². The topological polar surface area (TPSA) is 76.1 Å².